The van der Waals surface area contributed by atoms with Gasteiger partial charge in [-0.05, 0) is 56.7 Å². The predicted molar refractivity (Wildman–Crippen MR) is 78.5 cm³/mol. The van der Waals surface area contributed by atoms with Crippen molar-refractivity contribution in [2.75, 3.05) is 32.7 Å². The van der Waals surface area contributed by atoms with E-state index >= 15 is 0 Å². The van der Waals surface area contributed by atoms with E-state index in [2.05, 4.69) is 24.1 Å². The van der Waals surface area contributed by atoms with Crippen molar-refractivity contribution < 1.29 is 1.43 Å². The molecule has 104 valence electrons. The minimum atomic E-state index is 0. The van der Waals surface area contributed by atoms with Crippen molar-refractivity contribution in [2.24, 2.45) is 11.3 Å². The fourth-order valence-corrected chi connectivity index (χ4v) is 3.49. The average Bonchev–Trinajstić information content (AvgIpc) is 2.26. The standard InChI is InChI=1S/C13H26N2.C2H6.H2/c1-3-7-15-10-13(11-15)8-12(9-13)5-6-14-4-2;1-2;/h12,14H,3-11H2,1-2H3;1-2H3;1H. The first-order chi connectivity index (χ1) is 8.28. The fraction of sp³-hybridized carbons (Fsp3) is 1.00. The molecule has 2 fully saturated rings. The van der Waals surface area contributed by atoms with E-state index in [1.807, 2.05) is 13.8 Å². The van der Waals surface area contributed by atoms with Crippen LogP contribution in [0.4, 0.5) is 0 Å². The van der Waals surface area contributed by atoms with Crippen LogP contribution in [0.5, 0.6) is 0 Å². The molecule has 1 aliphatic carbocycles. The zero-order chi connectivity index (χ0) is 12.7. The van der Waals surface area contributed by atoms with Crippen molar-refractivity contribution in [3.8, 4) is 0 Å². The third kappa shape index (κ3) is 3.96. The van der Waals surface area contributed by atoms with E-state index in [1.54, 1.807) is 0 Å². The molecule has 0 unspecified atom stereocenters. The largest absolute Gasteiger partial charge is 0.317 e. The van der Waals surface area contributed by atoms with E-state index < -0.39 is 0 Å². The van der Waals surface area contributed by atoms with E-state index in [0.29, 0.717) is 0 Å². The average molecular weight is 242 g/mol. The quantitative estimate of drug-likeness (QED) is 0.718. The Bertz CT molecular complexity index is 195. The van der Waals surface area contributed by atoms with Gasteiger partial charge in [-0.1, -0.05) is 27.7 Å². The Morgan fingerprint density at radius 3 is 2.41 bits per heavy atom. The second-order valence-corrected chi connectivity index (χ2v) is 5.63. The Morgan fingerprint density at radius 1 is 1.24 bits per heavy atom. The first kappa shape index (κ1) is 15.0. The summed E-state index contributed by atoms with van der Waals surface area (Å²) in [5, 5.41) is 3.43. The van der Waals surface area contributed by atoms with Gasteiger partial charge in [-0.25, -0.2) is 0 Å². The molecule has 1 N–H and O–H groups in total. The first-order valence-corrected chi connectivity index (χ1v) is 7.71. The highest BCUT2D eigenvalue weighted by atomic mass is 15.2. The molecule has 0 aromatic rings. The van der Waals surface area contributed by atoms with Crippen LogP contribution in [-0.4, -0.2) is 37.6 Å². The summed E-state index contributed by atoms with van der Waals surface area (Å²) in [6.45, 7) is 15.0. The zero-order valence-corrected chi connectivity index (χ0v) is 12.4. The maximum atomic E-state index is 3.43. The number of hydrogen-bond donors (Lipinski definition) is 1. The van der Waals surface area contributed by atoms with Gasteiger partial charge < -0.3 is 10.2 Å². The number of nitrogens with one attached hydrogen (secondary N) is 1. The Balaban J connectivity index is 0.000000917. The van der Waals surface area contributed by atoms with E-state index in [9.17, 15) is 0 Å². The topological polar surface area (TPSA) is 15.3 Å². The van der Waals surface area contributed by atoms with Crippen molar-refractivity contribution in [3.05, 3.63) is 0 Å². The van der Waals surface area contributed by atoms with E-state index in [1.165, 1.54) is 51.9 Å². The van der Waals surface area contributed by atoms with Crippen LogP contribution in [0.2, 0.25) is 0 Å². The van der Waals surface area contributed by atoms with Crippen LogP contribution in [0.3, 0.4) is 0 Å². The van der Waals surface area contributed by atoms with Gasteiger partial charge in [0.2, 0.25) is 0 Å². The lowest BCUT2D eigenvalue weighted by molar-refractivity contribution is -0.0951. The van der Waals surface area contributed by atoms with Gasteiger partial charge in [-0.3, -0.25) is 0 Å². The molecular formula is C15H34N2. The highest BCUT2D eigenvalue weighted by molar-refractivity contribution is 5.03. The van der Waals surface area contributed by atoms with Crippen LogP contribution in [0.15, 0.2) is 0 Å². The number of likely N-dealkylation sites (tertiary alicyclic amines) is 1. The molecule has 1 saturated carbocycles. The van der Waals surface area contributed by atoms with Gasteiger partial charge in [0.25, 0.3) is 0 Å². The first-order valence-electron chi connectivity index (χ1n) is 7.71. The number of rotatable bonds is 6. The highest BCUT2D eigenvalue weighted by Gasteiger charge is 2.51. The SMILES string of the molecule is CC.CCCN1CC2(CC(CCNCC)C2)C1.[HH]. The normalized spacial score (nSPS) is 22.6. The lowest BCUT2D eigenvalue weighted by atomic mass is 9.57. The van der Waals surface area contributed by atoms with Crippen LogP contribution in [0, 0.1) is 11.3 Å². The van der Waals surface area contributed by atoms with Gasteiger partial charge in [0.1, 0.15) is 0 Å². The molecule has 0 atom stereocenters. The molecule has 0 bridgehead atoms. The molecule has 2 aliphatic rings. The van der Waals surface area contributed by atoms with Gasteiger partial charge in [0.15, 0.2) is 0 Å². The van der Waals surface area contributed by atoms with Crippen LogP contribution < -0.4 is 5.32 Å². The van der Waals surface area contributed by atoms with Gasteiger partial charge in [-0.15, -0.1) is 0 Å². The second kappa shape index (κ2) is 7.38. The van der Waals surface area contributed by atoms with Crippen molar-refractivity contribution >= 4 is 0 Å². The van der Waals surface area contributed by atoms with Crippen molar-refractivity contribution in [2.45, 2.75) is 53.4 Å². The Morgan fingerprint density at radius 2 is 1.88 bits per heavy atom. The summed E-state index contributed by atoms with van der Waals surface area (Å²) in [6.07, 6.45) is 5.75. The number of nitrogens with zero attached hydrogens (tertiary/aromatic N) is 1. The number of hydrogen-bond acceptors (Lipinski definition) is 2. The smallest absolute Gasteiger partial charge is 0.00507 e. The summed E-state index contributed by atoms with van der Waals surface area (Å²) in [7, 11) is 0. The van der Waals surface area contributed by atoms with Gasteiger partial charge >= 0.3 is 0 Å². The summed E-state index contributed by atoms with van der Waals surface area (Å²) in [6, 6.07) is 0. The Labute approximate surface area is 110 Å². The molecule has 1 heterocycles. The van der Waals surface area contributed by atoms with E-state index in [4.69, 9.17) is 0 Å². The van der Waals surface area contributed by atoms with Gasteiger partial charge in [0, 0.05) is 14.5 Å². The minimum Gasteiger partial charge on any atom is -0.317 e. The lowest BCUT2D eigenvalue weighted by Gasteiger charge is -2.59. The van der Waals surface area contributed by atoms with Gasteiger partial charge in [-0.2, -0.15) is 0 Å². The van der Waals surface area contributed by atoms with Crippen LogP contribution in [0.1, 0.15) is 54.8 Å². The molecule has 0 aromatic carbocycles. The molecule has 0 aromatic heterocycles. The van der Waals surface area contributed by atoms with Crippen LogP contribution in [0.25, 0.3) is 0 Å². The van der Waals surface area contributed by atoms with Crippen molar-refractivity contribution in [1.29, 1.82) is 0 Å². The molecule has 2 heteroatoms. The van der Waals surface area contributed by atoms with Gasteiger partial charge in [0.05, 0.1) is 0 Å². The second-order valence-electron chi connectivity index (χ2n) is 5.63. The highest BCUT2D eigenvalue weighted by Crippen LogP contribution is 2.52. The summed E-state index contributed by atoms with van der Waals surface area (Å²) < 4.78 is 0. The van der Waals surface area contributed by atoms with Crippen LogP contribution in [-0.2, 0) is 0 Å². The fourth-order valence-electron chi connectivity index (χ4n) is 3.49. The predicted octanol–water partition coefficient (Wildman–Crippen LogP) is 3.38. The molecule has 0 amide bonds. The third-order valence-corrected chi connectivity index (χ3v) is 4.08. The van der Waals surface area contributed by atoms with E-state index in [0.717, 1.165) is 17.9 Å². The third-order valence-electron chi connectivity index (χ3n) is 4.08. The zero-order valence-electron chi connectivity index (χ0n) is 12.4. The molecule has 17 heavy (non-hydrogen) atoms. The maximum absolute atomic E-state index is 3.43. The van der Waals surface area contributed by atoms with Crippen molar-refractivity contribution in [3.63, 3.8) is 0 Å². The summed E-state index contributed by atoms with van der Waals surface area (Å²) in [5.74, 6) is 1.04. The minimum absolute atomic E-state index is 0. The molecule has 1 saturated heterocycles. The molecule has 2 nitrogen and oxygen atoms in total. The summed E-state index contributed by atoms with van der Waals surface area (Å²) >= 11 is 0. The van der Waals surface area contributed by atoms with Crippen LogP contribution >= 0.6 is 0 Å². The monoisotopic (exact) mass is 242 g/mol. The molecule has 0 radical (unpaired) electrons. The Hall–Kier alpha value is -0.0800. The lowest BCUT2D eigenvalue weighted by Crippen LogP contribution is -2.62. The molecule has 1 aliphatic heterocycles. The van der Waals surface area contributed by atoms with E-state index in [-0.39, 0.29) is 1.43 Å². The van der Waals surface area contributed by atoms with Crippen molar-refractivity contribution in [1.82, 2.24) is 10.2 Å². The summed E-state index contributed by atoms with van der Waals surface area (Å²) in [4.78, 5) is 2.63. The maximum Gasteiger partial charge on any atom is 0.00507 e. The molecule has 2 rings (SSSR count). The Kier molecular flexibility index (Phi) is 6.50. The molecular weight excluding hydrogens is 208 g/mol. The molecule has 1 spiro atoms. The summed E-state index contributed by atoms with van der Waals surface area (Å²) in [5.41, 5.74) is 0.784.